The number of nitrogens with one attached hydrogen (secondary N) is 1. The second kappa shape index (κ2) is 17.4. The molecule has 288 valence electrons. The molecule has 3 heterocycles. The van der Waals surface area contributed by atoms with E-state index in [0.717, 1.165) is 36.6 Å². The number of aromatic nitrogens is 1. The van der Waals surface area contributed by atoms with E-state index >= 15 is 9.18 Å². The first-order chi connectivity index (χ1) is 25.6. The molecule has 3 aromatic rings. The Labute approximate surface area is 316 Å². The predicted molar refractivity (Wildman–Crippen MR) is 200 cm³/mol. The van der Waals surface area contributed by atoms with E-state index in [1.165, 1.54) is 12.1 Å². The van der Waals surface area contributed by atoms with Crippen LogP contribution in [-0.2, 0) is 42.0 Å². The summed E-state index contributed by atoms with van der Waals surface area (Å²) in [6.45, 7) is 4.15. The van der Waals surface area contributed by atoms with Gasteiger partial charge in [0.25, 0.3) is 5.91 Å². The monoisotopic (exact) mass is 754 g/mol. The van der Waals surface area contributed by atoms with E-state index in [9.17, 15) is 9.59 Å². The summed E-state index contributed by atoms with van der Waals surface area (Å²) in [4.78, 5) is 45.5. The summed E-state index contributed by atoms with van der Waals surface area (Å²) in [6, 6.07) is 9.83. The van der Waals surface area contributed by atoms with Crippen molar-refractivity contribution in [2.45, 2.75) is 88.7 Å². The summed E-state index contributed by atoms with van der Waals surface area (Å²) in [5, 5.41) is 3.65. The van der Waals surface area contributed by atoms with Crippen molar-refractivity contribution in [3.8, 4) is 0 Å². The molecule has 1 amide bonds. The smallest absolute Gasteiger partial charge is 0.308 e. The third-order valence-corrected chi connectivity index (χ3v) is 11.4. The molecular weight excluding hydrogens is 703 g/mol. The first kappa shape index (κ1) is 39.3. The predicted octanol–water partition coefficient (Wildman–Crippen LogP) is 6.35. The lowest BCUT2D eigenvalue weighted by molar-refractivity contribution is -0.270. The minimum Gasteiger partial charge on any atom is -0.466 e. The third kappa shape index (κ3) is 8.18. The van der Waals surface area contributed by atoms with Gasteiger partial charge in [-0.2, -0.15) is 0 Å². The number of carbonyl (C=O) groups is 3. The molecule has 3 unspecified atom stereocenters. The summed E-state index contributed by atoms with van der Waals surface area (Å²) in [5.74, 6) is -3.34. The van der Waals surface area contributed by atoms with Gasteiger partial charge in [-0.25, -0.2) is 9.29 Å². The van der Waals surface area contributed by atoms with Crippen molar-refractivity contribution in [2.24, 2.45) is 13.0 Å². The van der Waals surface area contributed by atoms with Gasteiger partial charge in [0.1, 0.15) is 5.82 Å². The molecular formula is C40H52ClFN4O7. The molecule has 6 rings (SSSR count). The highest BCUT2D eigenvalue weighted by atomic mass is 35.5. The number of nitrogens with zero attached hydrogens (tertiary/aromatic N) is 3. The van der Waals surface area contributed by atoms with E-state index in [2.05, 4.69) is 15.1 Å². The molecule has 0 bridgehead atoms. The number of fused-ring (bicyclic) bond motifs is 1. The minimum atomic E-state index is -1.54. The number of ketones is 1. The molecule has 2 saturated heterocycles. The number of esters is 1. The zero-order chi connectivity index (χ0) is 37.7. The van der Waals surface area contributed by atoms with Crippen LogP contribution in [0.5, 0.6) is 0 Å². The molecule has 2 aromatic carbocycles. The molecule has 0 radical (unpaired) electrons. The highest BCUT2D eigenvalue weighted by molar-refractivity contribution is 6.34. The summed E-state index contributed by atoms with van der Waals surface area (Å²) < 4.78 is 41.9. The Morgan fingerprint density at radius 3 is 2.26 bits per heavy atom. The number of methoxy groups -OCH3 is 2. The van der Waals surface area contributed by atoms with Crippen molar-refractivity contribution in [3.63, 3.8) is 0 Å². The van der Waals surface area contributed by atoms with E-state index in [1.807, 2.05) is 35.9 Å². The Kier molecular flexibility index (Phi) is 12.9. The average Bonchev–Trinajstić information content (AvgIpc) is 3.91. The Hall–Kier alpha value is -3.39. The normalized spacial score (nSPS) is 23.7. The molecule has 1 N–H and O–H groups in total. The number of ether oxygens (including phenoxy) is 4. The molecule has 53 heavy (non-hydrogen) atoms. The Morgan fingerprint density at radius 2 is 1.62 bits per heavy atom. The molecule has 3 fully saturated rings. The fourth-order valence-electron chi connectivity index (χ4n) is 8.60. The maximum Gasteiger partial charge on any atom is 0.308 e. The van der Waals surface area contributed by atoms with Crippen LogP contribution >= 0.6 is 11.6 Å². The second-order valence-electron chi connectivity index (χ2n) is 14.5. The van der Waals surface area contributed by atoms with Crippen LogP contribution in [0.1, 0.15) is 74.2 Å². The number of amides is 1. The van der Waals surface area contributed by atoms with Gasteiger partial charge >= 0.3 is 5.97 Å². The van der Waals surface area contributed by atoms with Gasteiger partial charge in [0, 0.05) is 70.0 Å². The quantitative estimate of drug-likeness (QED) is 0.178. The van der Waals surface area contributed by atoms with Crippen LogP contribution in [0.4, 0.5) is 10.1 Å². The SMILES string of the molecule is CCOC(=O)C1CCC(OC(C(=O)Cc2cc(Cl)c(NC(=O)c3cn(C)c4ccccc34)cc2F)(N2CCCC2)N2C(COC)CCC2COC)CC1. The van der Waals surface area contributed by atoms with Crippen LogP contribution in [0.15, 0.2) is 42.6 Å². The first-order valence-electron chi connectivity index (χ1n) is 18.8. The second-order valence-corrected chi connectivity index (χ2v) is 14.9. The van der Waals surface area contributed by atoms with Gasteiger partial charge in [0.2, 0.25) is 5.85 Å². The van der Waals surface area contributed by atoms with Crippen molar-refractivity contribution >= 4 is 45.9 Å². The summed E-state index contributed by atoms with van der Waals surface area (Å²) in [7, 11) is 5.16. The van der Waals surface area contributed by atoms with E-state index in [-0.39, 0.29) is 58.6 Å². The molecule has 1 aromatic heterocycles. The van der Waals surface area contributed by atoms with Crippen molar-refractivity contribution in [3.05, 3.63) is 64.6 Å². The van der Waals surface area contributed by atoms with Crippen molar-refractivity contribution in [2.75, 3.05) is 52.4 Å². The lowest BCUT2D eigenvalue weighted by Crippen LogP contribution is -2.71. The maximum atomic E-state index is 16.2. The van der Waals surface area contributed by atoms with Crippen molar-refractivity contribution in [1.29, 1.82) is 0 Å². The largest absolute Gasteiger partial charge is 0.466 e. The highest BCUT2D eigenvalue weighted by Crippen LogP contribution is 2.42. The molecule has 3 atom stereocenters. The third-order valence-electron chi connectivity index (χ3n) is 11.1. The fraction of sp³-hybridized carbons (Fsp3) is 0.575. The van der Waals surface area contributed by atoms with E-state index < -0.39 is 17.6 Å². The molecule has 1 saturated carbocycles. The summed E-state index contributed by atoms with van der Waals surface area (Å²) >= 11 is 6.73. The zero-order valence-electron chi connectivity index (χ0n) is 31.2. The van der Waals surface area contributed by atoms with Gasteiger partial charge in [-0.3, -0.25) is 19.3 Å². The van der Waals surface area contributed by atoms with Crippen LogP contribution in [0.2, 0.25) is 5.02 Å². The van der Waals surface area contributed by atoms with Gasteiger partial charge in [-0.15, -0.1) is 0 Å². The van der Waals surface area contributed by atoms with E-state index in [4.69, 9.17) is 30.5 Å². The number of Topliss-reactive ketones (excluding diaryl/α,β-unsaturated/α-hetero) is 1. The Bertz CT molecular complexity index is 1760. The van der Waals surface area contributed by atoms with Gasteiger partial charge in [0.05, 0.1) is 48.1 Å². The molecule has 11 nitrogen and oxygen atoms in total. The number of benzene rings is 2. The molecule has 1 aliphatic carbocycles. The number of halogens is 2. The number of para-hydroxylation sites is 1. The highest BCUT2D eigenvalue weighted by Gasteiger charge is 2.58. The van der Waals surface area contributed by atoms with Crippen LogP contribution in [0, 0.1) is 11.7 Å². The van der Waals surface area contributed by atoms with Crippen molar-refractivity contribution in [1.82, 2.24) is 14.4 Å². The van der Waals surface area contributed by atoms with Gasteiger partial charge in [-0.05, 0) is 82.1 Å². The lowest BCUT2D eigenvalue weighted by Gasteiger charge is -2.52. The van der Waals surface area contributed by atoms with Crippen LogP contribution in [0.25, 0.3) is 10.9 Å². The van der Waals surface area contributed by atoms with E-state index in [0.29, 0.717) is 64.2 Å². The first-order valence-corrected chi connectivity index (χ1v) is 19.2. The lowest BCUT2D eigenvalue weighted by atomic mass is 9.87. The zero-order valence-corrected chi connectivity index (χ0v) is 32.0. The number of carbonyl (C=O) groups excluding carboxylic acids is 3. The number of likely N-dealkylation sites (tertiary alicyclic amines) is 2. The number of anilines is 1. The summed E-state index contributed by atoms with van der Waals surface area (Å²) in [6.07, 6.45) is 6.76. The van der Waals surface area contributed by atoms with Crippen LogP contribution in [-0.4, -0.2) is 103 Å². The Balaban J connectivity index is 1.32. The number of aryl methyl sites for hydroxylation is 1. The maximum absolute atomic E-state index is 16.2. The average molecular weight is 755 g/mol. The molecule has 0 spiro atoms. The molecule has 2 aliphatic heterocycles. The fourth-order valence-corrected chi connectivity index (χ4v) is 8.84. The standard InChI is InChI=1S/C40H52ClFN4O7/c1-5-52-39(49)26-12-16-30(17-13-26)53-40(45-18-8-9-19-45,46-28(24-50-3)14-15-29(46)25-51-4)37(47)21-27-20-33(41)35(22-34(27)42)43-38(48)32-23-44(2)36-11-7-6-10-31(32)36/h6-7,10-11,20,22-23,26,28-30H,5,8-9,12-19,21,24-25H2,1-4H3,(H,43,48). The van der Waals surface area contributed by atoms with Gasteiger partial charge < -0.3 is 28.8 Å². The summed E-state index contributed by atoms with van der Waals surface area (Å²) in [5.41, 5.74) is 1.54. The number of hydrogen-bond donors (Lipinski definition) is 1. The topological polar surface area (TPSA) is 112 Å². The van der Waals surface area contributed by atoms with Gasteiger partial charge in [-0.1, -0.05) is 29.8 Å². The Morgan fingerprint density at radius 1 is 0.962 bits per heavy atom. The van der Waals surface area contributed by atoms with Gasteiger partial charge in [0.15, 0.2) is 5.78 Å². The van der Waals surface area contributed by atoms with Crippen LogP contribution in [0.3, 0.4) is 0 Å². The van der Waals surface area contributed by atoms with Crippen LogP contribution < -0.4 is 5.32 Å². The number of hydrogen-bond acceptors (Lipinski definition) is 9. The minimum absolute atomic E-state index is 0.104. The van der Waals surface area contributed by atoms with Crippen molar-refractivity contribution < 1.29 is 37.7 Å². The molecule has 13 heteroatoms. The molecule has 3 aliphatic rings. The number of rotatable bonds is 15. The van der Waals surface area contributed by atoms with E-state index in [1.54, 1.807) is 27.3 Å².